The van der Waals surface area contributed by atoms with Gasteiger partial charge in [-0.05, 0) is 40.0 Å². The van der Waals surface area contributed by atoms with E-state index in [2.05, 4.69) is 20.8 Å². The van der Waals surface area contributed by atoms with Crippen molar-refractivity contribution in [3.8, 4) is 0 Å². The molecule has 0 aliphatic carbocycles. The third kappa shape index (κ3) is 4.22. The molecule has 0 saturated carbocycles. The van der Waals surface area contributed by atoms with Gasteiger partial charge < -0.3 is 9.80 Å². The predicted octanol–water partition coefficient (Wildman–Crippen LogP) is 2.34. The number of nitrogens with zero attached hydrogens (tertiary/aromatic N) is 2. The van der Waals surface area contributed by atoms with Gasteiger partial charge in [-0.2, -0.15) is 13.2 Å². The zero-order chi connectivity index (χ0) is 12.3. The highest BCUT2D eigenvalue weighted by Crippen LogP contribution is 2.28. The van der Waals surface area contributed by atoms with E-state index in [1.807, 2.05) is 11.9 Å². The van der Waals surface area contributed by atoms with Crippen molar-refractivity contribution < 1.29 is 13.2 Å². The first-order valence-corrected chi connectivity index (χ1v) is 6.32. The second-order valence-corrected chi connectivity index (χ2v) is 5.59. The average Bonchev–Trinajstić information content (AvgIpc) is 2.17. The molecule has 1 saturated heterocycles. The van der Waals surface area contributed by atoms with E-state index in [9.17, 15) is 13.2 Å². The van der Waals surface area contributed by atoms with Crippen molar-refractivity contribution in [1.82, 2.24) is 9.80 Å². The minimum absolute atomic E-state index is 0.0257. The smallest absolute Gasteiger partial charge is 0.306 e. The Morgan fingerprint density at radius 1 is 1.38 bits per heavy atom. The molecule has 1 unspecified atom stereocenters. The van der Waals surface area contributed by atoms with Crippen molar-refractivity contribution in [2.75, 3.05) is 33.7 Å². The molecule has 1 aliphatic heterocycles. The molecule has 0 spiro atoms. The fraction of sp³-hybridized carbons (Fsp3) is 1.00. The Balaban J connectivity index is 2.37. The Labute approximate surface area is 103 Å². The zero-order valence-electron chi connectivity index (χ0n) is 9.60. The van der Waals surface area contributed by atoms with Crippen molar-refractivity contribution in [1.29, 1.82) is 0 Å². The summed E-state index contributed by atoms with van der Waals surface area (Å²) in [5.41, 5.74) is 0. The van der Waals surface area contributed by atoms with Crippen molar-refractivity contribution in [2.45, 2.75) is 29.9 Å². The van der Waals surface area contributed by atoms with Gasteiger partial charge in [-0.1, -0.05) is 15.9 Å². The maximum Gasteiger partial charge on any atom is 0.402 e. The van der Waals surface area contributed by atoms with E-state index in [4.69, 9.17) is 0 Å². The molecule has 1 heterocycles. The molecule has 1 aliphatic rings. The molecule has 1 atom stereocenters. The number of likely N-dealkylation sites (tertiary alicyclic amines) is 1. The van der Waals surface area contributed by atoms with Gasteiger partial charge in [0.2, 0.25) is 0 Å². The number of piperidine rings is 1. The highest BCUT2D eigenvalue weighted by Gasteiger charge is 2.39. The lowest BCUT2D eigenvalue weighted by molar-refractivity contribution is -0.131. The van der Waals surface area contributed by atoms with E-state index >= 15 is 0 Å². The van der Waals surface area contributed by atoms with Crippen LogP contribution in [0, 0.1) is 0 Å². The van der Waals surface area contributed by atoms with Crippen LogP contribution in [0.2, 0.25) is 0 Å². The number of hydrogen-bond acceptors (Lipinski definition) is 2. The maximum atomic E-state index is 12.4. The van der Waals surface area contributed by atoms with Gasteiger partial charge in [-0.15, -0.1) is 0 Å². The molecule has 0 aromatic carbocycles. The molecule has 96 valence electrons. The Bertz CT molecular complexity index is 215. The largest absolute Gasteiger partial charge is 0.402 e. The summed E-state index contributed by atoms with van der Waals surface area (Å²) >= 11 is 2.70. The summed E-state index contributed by atoms with van der Waals surface area (Å²) in [7, 11) is 3.81. The summed E-state index contributed by atoms with van der Waals surface area (Å²) < 4.78 is 37.1. The summed E-state index contributed by atoms with van der Waals surface area (Å²) in [5.74, 6) is 0. The molecule has 0 amide bonds. The predicted molar refractivity (Wildman–Crippen MR) is 61.9 cm³/mol. The van der Waals surface area contributed by atoms with Gasteiger partial charge in [0, 0.05) is 12.6 Å². The monoisotopic (exact) mass is 302 g/mol. The normalized spacial score (nSPS) is 22.7. The molecule has 1 rings (SSSR count). The lowest BCUT2D eigenvalue weighted by atomic mass is 10.0. The van der Waals surface area contributed by atoms with Crippen molar-refractivity contribution in [3.05, 3.63) is 0 Å². The fourth-order valence-corrected chi connectivity index (χ4v) is 2.40. The van der Waals surface area contributed by atoms with Gasteiger partial charge in [0.05, 0.1) is 0 Å². The maximum absolute atomic E-state index is 12.4. The molecular formula is C10H18BrF3N2. The molecule has 0 aromatic rings. The summed E-state index contributed by atoms with van der Waals surface area (Å²) in [6.45, 7) is 1.96. The topological polar surface area (TPSA) is 6.48 Å². The van der Waals surface area contributed by atoms with E-state index in [1.54, 1.807) is 7.05 Å². The van der Waals surface area contributed by atoms with Crippen LogP contribution in [-0.2, 0) is 0 Å². The van der Waals surface area contributed by atoms with E-state index < -0.39 is 11.0 Å². The first kappa shape index (κ1) is 14.3. The van der Waals surface area contributed by atoms with Crippen LogP contribution in [0.1, 0.15) is 12.8 Å². The highest BCUT2D eigenvalue weighted by atomic mass is 79.9. The summed E-state index contributed by atoms with van der Waals surface area (Å²) in [6.07, 6.45) is -2.26. The van der Waals surface area contributed by atoms with Crippen molar-refractivity contribution >= 4 is 15.9 Å². The van der Waals surface area contributed by atoms with Crippen LogP contribution in [-0.4, -0.2) is 60.6 Å². The van der Waals surface area contributed by atoms with Crippen LogP contribution in [0.15, 0.2) is 0 Å². The van der Waals surface area contributed by atoms with Crippen molar-refractivity contribution in [2.24, 2.45) is 0 Å². The first-order chi connectivity index (χ1) is 7.30. The second kappa shape index (κ2) is 5.69. The molecule has 0 aromatic heterocycles. The van der Waals surface area contributed by atoms with Crippen LogP contribution in [0.3, 0.4) is 0 Å². The number of halogens is 4. The van der Waals surface area contributed by atoms with Gasteiger partial charge in [0.1, 0.15) is 4.83 Å². The molecule has 6 heteroatoms. The second-order valence-electron chi connectivity index (χ2n) is 4.48. The summed E-state index contributed by atoms with van der Waals surface area (Å²) in [6, 6.07) is 0.276. The van der Waals surface area contributed by atoms with E-state index in [-0.39, 0.29) is 12.6 Å². The highest BCUT2D eigenvalue weighted by molar-refractivity contribution is 9.09. The lowest BCUT2D eigenvalue weighted by Gasteiger charge is -2.36. The standard InChI is InChI=1S/C10H18BrF3N2/c1-15-5-3-8(4-6-15)16(2)7-9(11)10(12,13)14/h8-9H,3-7H2,1-2H3. The lowest BCUT2D eigenvalue weighted by Crippen LogP contribution is -2.45. The van der Waals surface area contributed by atoms with Crippen LogP contribution < -0.4 is 0 Å². The fourth-order valence-electron chi connectivity index (χ4n) is 1.94. The molecule has 0 N–H and O–H groups in total. The van der Waals surface area contributed by atoms with Gasteiger partial charge in [-0.3, -0.25) is 0 Å². The minimum Gasteiger partial charge on any atom is -0.306 e. The van der Waals surface area contributed by atoms with Crippen molar-refractivity contribution in [3.63, 3.8) is 0 Å². The van der Waals surface area contributed by atoms with Crippen LogP contribution in [0.4, 0.5) is 13.2 Å². The third-order valence-electron chi connectivity index (χ3n) is 3.11. The average molecular weight is 303 g/mol. The molecule has 1 fully saturated rings. The van der Waals surface area contributed by atoms with E-state index in [1.165, 1.54) is 0 Å². The number of rotatable bonds is 3. The summed E-state index contributed by atoms with van der Waals surface area (Å²) in [4.78, 5) is 2.60. The Morgan fingerprint density at radius 2 is 1.88 bits per heavy atom. The van der Waals surface area contributed by atoms with Gasteiger partial charge >= 0.3 is 6.18 Å². The molecule has 16 heavy (non-hydrogen) atoms. The summed E-state index contributed by atoms with van der Waals surface area (Å²) in [5, 5.41) is 0. The Hall–Kier alpha value is 0.190. The molecule has 0 bridgehead atoms. The van der Waals surface area contributed by atoms with Crippen LogP contribution >= 0.6 is 15.9 Å². The Morgan fingerprint density at radius 3 is 2.31 bits per heavy atom. The number of hydrogen-bond donors (Lipinski definition) is 0. The van der Waals surface area contributed by atoms with E-state index in [0.717, 1.165) is 25.9 Å². The molecule has 2 nitrogen and oxygen atoms in total. The SMILES string of the molecule is CN1CCC(N(C)CC(Br)C(F)(F)F)CC1. The molecule has 0 radical (unpaired) electrons. The zero-order valence-corrected chi connectivity index (χ0v) is 11.2. The van der Waals surface area contributed by atoms with Gasteiger partial charge in [0.25, 0.3) is 0 Å². The number of alkyl halides is 4. The van der Waals surface area contributed by atoms with Gasteiger partial charge in [0.15, 0.2) is 0 Å². The first-order valence-electron chi connectivity index (χ1n) is 5.40. The minimum atomic E-state index is -4.15. The quantitative estimate of drug-likeness (QED) is 0.739. The van der Waals surface area contributed by atoms with Crippen LogP contribution in [0.25, 0.3) is 0 Å². The van der Waals surface area contributed by atoms with E-state index in [0.29, 0.717) is 0 Å². The van der Waals surface area contributed by atoms with Crippen LogP contribution in [0.5, 0.6) is 0 Å². The molecular weight excluding hydrogens is 285 g/mol. The third-order valence-corrected chi connectivity index (χ3v) is 3.92. The van der Waals surface area contributed by atoms with Gasteiger partial charge in [-0.25, -0.2) is 0 Å². The Kier molecular flexibility index (Phi) is 5.07.